The van der Waals surface area contributed by atoms with Crippen LogP contribution in [0.2, 0.25) is 0 Å². The van der Waals surface area contributed by atoms with Gasteiger partial charge < -0.3 is 14.9 Å². The second-order valence-corrected chi connectivity index (χ2v) is 11.1. The average molecular weight is 551 g/mol. The molecule has 212 valence electrons. The van der Waals surface area contributed by atoms with Gasteiger partial charge in [-0.15, -0.1) is 0 Å². The van der Waals surface area contributed by atoms with Crippen LogP contribution in [0.1, 0.15) is 83.7 Å². The van der Waals surface area contributed by atoms with Crippen molar-refractivity contribution < 1.29 is 24.5 Å². The molecule has 0 heterocycles. The van der Waals surface area contributed by atoms with Crippen LogP contribution >= 0.6 is 0 Å². The van der Waals surface area contributed by atoms with Gasteiger partial charge in [-0.25, -0.2) is 4.79 Å². The van der Waals surface area contributed by atoms with Crippen LogP contribution in [0.4, 0.5) is 0 Å². The highest BCUT2D eigenvalue weighted by Crippen LogP contribution is 2.39. The van der Waals surface area contributed by atoms with Crippen molar-refractivity contribution in [2.75, 3.05) is 0 Å². The molecule has 4 rings (SSSR count). The second-order valence-electron chi connectivity index (χ2n) is 11.1. The summed E-state index contributed by atoms with van der Waals surface area (Å²) < 4.78 is 6.12. The fourth-order valence-corrected chi connectivity index (χ4v) is 4.79. The molecule has 0 unspecified atom stereocenters. The van der Waals surface area contributed by atoms with Gasteiger partial charge >= 0.3 is 5.97 Å². The first kappa shape index (κ1) is 30.9. The van der Waals surface area contributed by atoms with E-state index in [0.29, 0.717) is 5.56 Å². The number of allylic oxidation sites excluding steroid dienone is 1. The van der Waals surface area contributed by atoms with Gasteiger partial charge in [-0.3, -0.25) is 4.79 Å². The van der Waals surface area contributed by atoms with E-state index < -0.39 is 16.8 Å². The van der Waals surface area contributed by atoms with Crippen LogP contribution in [0.15, 0.2) is 97.6 Å². The van der Waals surface area contributed by atoms with E-state index in [4.69, 9.17) is 4.74 Å². The first-order valence-corrected chi connectivity index (χ1v) is 13.1. The van der Waals surface area contributed by atoms with E-state index in [1.165, 1.54) is 6.08 Å². The summed E-state index contributed by atoms with van der Waals surface area (Å²) in [6, 6.07) is 25.5. The molecule has 0 aliphatic rings. The summed E-state index contributed by atoms with van der Waals surface area (Å²) in [4.78, 5) is 25.3. The number of rotatable bonds is 9. The Morgan fingerprint density at radius 1 is 0.707 bits per heavy atom. The zero-order valence-corrected chi connectivity index (χ0v) is 23.5. The van der Waals surface area contributed by atoms with Crippen molar-refractivity contribution in [2.45, 2.75) is 52.9 Å². The van der Waals surface area contributed by atoms with Crippen molar-refractivity contribution in [1.29, 1.82) is 0 Å². The molecule has 0 radical (unpaired) electrons. The molecule has 0 bridgehead atoms. The quantitative estimate of drug-likeness (QED) is 0.161. The van der Waals surface area contributed by atoms with E-state index in [2.05, 4.69) is 44.7 Å². The van der Waals surface area contributed by atoms with Crippen LogP contribution in [-0.2, 0) is 10.8 Å². The summed E-state index contributed by atoms with van der Waals surface area (Å²) in [6.45, 7) is 13.8. The molecule has 41 heavy (non-hydrogen) atoms. The molecule has 2 N–H and O–H groups in total. The lowest BCUT2D eigenvalue weighted by Crippen LogP contribution is -2.20. The largest absolute Gasteiger partial charge is 0.508 e. The Balaban J connectivity index is 0.00000462. The Bertz CT molecular complexity index is 1580. The van der Waals surface area contributed by atoms with Gasteiger partial charge in [0.15, 0.2) is 5.78 Å². The summed E-state index contributed by atoms with van der Waals surface area (Å²) in [5.41, 5.74) is 4.21. The van der Waals surface area contributed by atoms with Crippen LogP contribution in [0.3, 0.4) is 0 Å². The van der Waals surface area contributed by atoms with Crippen LogP contribution in [0, 0.1) is 6.92 Å². The fourth-order valence-electron chi connectivity index (χ4n) is 4.79. The third-order valence-corrected chi connectivity index (χ3v) is 7.67. The summed E-state index contributed by atoms with van der Waals surface area (Å²) in [5.74, 6) is -0.930. The van der Waals surface area contributed by atoms with E-state index >= 15 is 0 Å². The molecule has 4 aromatic carbocycles. The van der Waals surface area contributed by atoms with Crippen molar-refractivity contribution in [3.63, 3.8) is 0 Å². The number of benzene rings is 4. The third-order valence-electron chi connectivity index (χ3n) is 7.67. The first-order valence-electron chi connectivity index (χ1n) is 13.1. The monoisotopic (exact) mass is 550 g/mol. The molecule has 0 saturated carbocycles. The lowest BCUT2D eigenvalue weighted by molar-refractivity contribution is 0.0694. The maximum Gasteiger partial charge on any atom is 0.339 e. The molecule has 4 aromatic rings. The van der Waals surface area contributed by atoms with E-state index in [0.717, 1.165) is 27.8 Å². The minimum atomic E-state index is -1.15. The zero-order valence-electron chi connectivity index (χ0n) is 23.5. The smallest absolute Gasteiger partial charge is 0.339 e. The molecule has 0 spiro atoms. The number of carbonyl (C=O) groups excluding carboxylic acids is 1. The Labute approximate surface area is 242 Å². The number of phenolic OH excluding ortho intramolecular Hbond substituents is 1. The number of aromatic hydroxyl groups is 1. The van der Waals surface area contributed by atoms with E-state index in [1.54, 1.807) is 36.4 Å². The Morgan fingerprint density at radius 3 is 1.59 bits per heavy atom. The van der Waals surface area contributed by atoms with Crippen molar-refractivity contribution in [3.8, 4) is 17.2 Å². The van der Waals surface area contributed by atoms with Gasteiger partial charge in [0.1, 0.15) is 22.8 Å². The molecule has 0 aliphatic carbocycles. The van der Waals surface area contributed by atoms with E-state index in [-0.39, 0.29) is 36.0 Å². The Kier molecular flexibility index (Phi) is 8.93. The summed E-state index contributed by atoms with van der Waals surface area (Å²) in [5, 5.41) is 19.7. The minimum absolute atomic E-state index is 0. The normalized spacial score (nSPS) is 11.3. The molecule has 0 aliphatic heterocycles. The lowest BCUT2D eigenvalue weighted by atomic mass is 9.77. The van der Waals surface area contributed by atoms with Gasteiger partial charge in [0.25, 0.3) is 0 Å². The minimum Gasteiger partial charge on any atom is -0.508 e. The highest BCUT2D eigenvalue weighted by molar-refractivity contribution is 6.06. The predicted octanol–water partition coefficient (Wildman–Crippen LogP) is 8.85. The molecular weight excluding hydrogens is 512 g/mol. The van der Waals surface area contributed by atoms with E-state index in [9.17, 15) is 19.8 Å². The van der Waals surface area contributed by atoms with E-state index in [1.807, 2.05) is 45.0 Å². The highest BCUT2D eigenvalue weighted by atomic mass is 16.5. The maximum atomic E-state index is 12.9. The molecule has 5 heteroatoms. The zero-order chi connectivity index (χ0) is 29.2. The number of aromatic carboxylic acids is 1. The number of ketones is 1. The molecule has 0 aromatic heterocycles. The van der Waals surface area contributed by atoms with Gasteiger partial charge in [-0.2, -0.15) is 0 Å². The van der Waals surface area contributed by atoms with Gasteiger partial charge in [-0.1, -0.05) is 95.8 Å². The molecular formula is C36H38O5. The molecule has 0 saturated heterocycles. The number of ether oxygens (including phenoxy) is 1. The summed E-state index contributed by atoms with van der Waals surface area (Å²) >= 11 is 0. The third kappa shape index (κ3) is 6.25. The number of carboxylic acids is 1. The number of hydrogen-bond acceptors (Lipinski definition) is 4. The van der Waals surface area contributed by atoms with Crippen molar-refractivity contribution in [3.05, 3.63) is 137 Å². The van der Waals surface area contributed by atoms with Crippen molar-refractivity contribution >= 4 is 11.8 Å². The summed E-state index contributed by atoms with van der Waals surface area (Å²) in [6.07, 6.45) is 1.23. The molecule has 0 fully saturated rings. The topological polar surface area (TPSA) is 83.8 Å². The lowest BCUT2D eigenvalue weighted by Gasteiger charge is -2.28. The summed E-state index contributed by atoms with van der Waals surface area (Å²) in [7, 11) is 0. The standard InChI is InChI=1S/C35H34O5.CH4/c1-7-30(37)28-20-25(34(3,4)23-10-8-22(2)9-11-23)14-18-31(28)40-32-19-15-26(21-29(32)33(38)39)35(5,6)24-12-16-27(36)17-13-24;/h7-21,36H,1H2,2-6H3,(H,38,39);1H4. The van der Waals surface area contributed by atoms with Gasteiger partial charge in [0, 0.05) is 10.8 Å². The Morgan fingerprint density at radius 2 is 1.12 bits per heavy atom. The van der Waals surface area contributed by atoms with Crippen LogP contribution in [0.25, 0.3) is 0 Å². The Hall–Kier alpha value is -4.64. The number of hydrogen-bond donors (Lipinski definition) is 2. The maximum absolute atomic E-state index is 12.9. The first-order chi connectivity index (χ1) is 18.8. The van der Waals surface area contributed by atoms with Crippen LogP contribution < -0.4 is 4.74 Å². The number of aryl methyl sites for hydroxylation is 1. The molecule has 5 nitrogen and oxygen atoms in total. The average Bonchev–Trinajstić information content (AvgIpc) is 2.93. The van der Waals surface area contributed by atoms with Crippen LogP contribution in [0.5, 0.6) is 17.2 Å². The number of carbonyl (C=O) groups is 2. The number of phenols is 1. The van der Waals surface area contributed by atoms with Gasteiger partial charge in [0.05, 0.1) is 5.56 Å². The predicted molar refractivity (Wildman–Crippen MR) is 165 cm³/mol. The van der Waals surface area contributed by atoms with Crippen molar-refractivity contribution in [1.82, 2.24) is 0 Å². The molecule has 0 atom stereocenters. The highest BCUT2D eigenvalue weighted by Gasteiger charge is 2.28. The van der Waals surface area contributed by atoms with Crippen LogP contribution in [-0.4, -0.2) is 22.0 Å². The van der Waals surface area contributed by atoms with Crippen molar-refractivity contribution in [2.24, 2.45) is 0 Å². The number of carboxylic acid groups (broad SMARTS) is 1. The SMILES string of the molecule is C.C=CC(=O)c1cc(C(C)(C)c2ccc(C)cc2)ccc1Oc1ccc(C(C)(C)c2ccc(O)cc2)cc1C(=O)O. The van der Waals surface area contributed by atoms with Gasteiger partial charge in [-0.05, 0) is 71.7 Å². The molecule has 0 amide bonds. The van der Waals surface area contributed by atoms with Gasteiger partial charge in [0.2, 0.25) is 0 Å². The second kappa shape index (κ2) is 11.8. The fraction of sp³-hybridized carbons (Fsp3) is 0.222.